The second kappa shape index (κ2) is 4.37. The van der Waals surface area contributed by atoms with Crippen molar-refractivity contribution in [1.29, 1.82) is 0 Å². The van der Waals surface area contributed by atoms with Crippen LogP contribution in [-0.4, -0.2) is 19.5 Å². The number of nitrogens with two attached hydrogens (primary N) is 1. The summed E-state index contributed by atoms with van der Waals surface area (Å²) in [4.78, 5) is 25.6. The van der Waals surface area contributed by atoms with Gasteiger partial charge in [-0.3, -0.25) is 14.3 Å². The average Bonchev–Trinajstić information content (AvgIpc) is 3.32. The van der Waals surface area contributed by atoms with E-state index in [9.17, 15) is 4.79 Å². The highest BCUT2D eigenvalue weighted by Gasteiger charge is 2.29. The van der Waals surface area contributed by atoms with Crippen LogP contribution in [0.15, 0.2) is 41.6 Å². The Kier molecular flexibility index (Phi) is 2.50. The van der Waals surface area contributed by atoms with Crippen LogP contribution in [0, 0.1) is 0 Å². The van der Waals surface area contributed by atoms with Gasteiger partial charge in [-0.05, 0) is 31.0 Å². The fourth-order valence-electron chi connectivity index (χ4n) is 2.48. The summed E-state index contributed by atoms with van der Waals surface area (Å²) in [6.07, 6.45) is 6.89. The molecule has 0 aromatic carbocycles. The Labute approximate surface area is 120 Å². The molecule has 1 aliphatic carbocycles. The SMILES string of the molecule is Nc1ccnc2c1nc(-c1cccnc1)c(=O)n2C1CC1. The lowest BCUT2D eigenvalue weighted by atomic mass is 10.2. The molecule has 0 spiro atoms. The Morgan fingerprint density at radius 2 is 2.10 bits per heavy atom. The Morgan fingerprint density at radius 3 is 2.81 bits per heavy atom. The van der Waals surface area contributed by atoms with E-state index in [1.165, 1.54) is 0 Å². The number of pyridine rings is 2. The van der Waals surface area contributed by atoms with Crippen molar-refractivity contribution in [3.63, 3.8) is 0 Å². The molecule has 0 bridgehead atoms. The van der Waals surface area contributed by atoms with E-state index in [0.29, 0.717) is 28.1 Å². The first kappa shape index (κ1) is 12.0. The third-order valence-corrected chi connectivity index (χ3v) is 3.66. The third kappa shape index (κ3) is 1.87. The van der Waals surface area contributed by atoms with Crippen molar-refractivity contribution in [2.75, 3.05) is 5.73 Å². The van der Waals surface area contributed by atoms with Crippen molar-refractivity contribution in [2.45, 2.75) is 18.9 Å². The van der Waals surface area contributed by atoms with Crippen molar-refractivity contribution in [1.82, 2.24) is 19.5 Å². The molecule has 0 atom stereocenters. The topological polar surface area (TPSA) is 86.7 Å². The monoisotopic (exact) mass is 279 g/mol. The van der Waals surface area contributed by atoms with Gasteiger partial charge in [0.2, 0.25) is 0 Å². The van der Waals surface area contributed by atoms with Crippen molar-refractivity contribution in [3.8, 4) is 11.3 Å². The van der Waals surface area contributed by atoms with Gasteiger partial charge < -0.3 is 5.73 Å². The number of nitrogens with zero attached hydrogens (tertiary/aromatic N) is 4. The number of aromatic nitrogens is 4. The first-order chi connectivity index (χ1) is 10.3. The van der Waals surface area contributed by atoms with Gasteiger partial charge in [0, 0.05) is 30.2 Å². The van der Waals surface area contributed by atoms with Crippen molar-refractivity contribution >= 4 is 16.9 Å². The molecule has 1 fully saturated rings. The van der Waals surface area contributed by atoms with E-state index in [2.05, 4.69) is 15.0 Å². The van der Waals surface area contributed by atoms with Gasteiger partial charge in [-0.25, -0.2) is 9.97 Å². The zero-order valence-corrected chi connectivity index (χ0v) is 11.2. The van der Waals surface area contributed by atoms with Crippen LogP contribution in [0.5, 0.6) is 0 Å². The molecule has 6 heteroatoms. The fourth-order valence-corrected chi connectivity index (χ4v) is 2.48. The molecule has 0 aliphatic heterocycles. The minimum atomic E-state index is -0.129. The summed E-state index contributed by atoms with van der Waals surface area (Å²) in [5.74, 6) is 0. The standard InChI is InChI=1S/C15H13N5O/c16-11-5-7-18-14-13(11)19-12(9-2-1-6-17-8-9)15(21)20(14)10-3-4-10/h1-2,5-8,10H,3-4H2,(H2,16,18). The van der Waals surface area contributed by atoms with Gasteiger partial charge in [0.05, 0.1) is 5.69 Å². The lowest BCUT2D eigenvalue weighted by Crippen LogP contribution is -2.24. The summed E-state index contributed by atoms with van der Waals surface area (Å²) in [6.45, 7) is 0. The molecule has 3 aromatic heterocycles. The summed E-state index contributed by atoms with van der Waals surface area (Å²) >= 11 is 0. The first-order valence-corrected chi connectivity index (χ1v) is 6.83. The minimum absolute atomic E-state index is 0.129. The molecule has 1 aliphatic rings. The molecule has 3 heterocycles. The van der Waals surface area contributed by atoms with E-state index >= 15 is 0 Å². The first-order valence-electron chi connectivity index (χ1n) is 6.83. The van der Waals surface area contributed by atoms with Crippen molar-refractivity contribution in [2.24, 2.45) is 0 Å². The Morgan fingerprint density at radius 1 is 1.24 bits per heavy atom. The Hall–Kier alpha value is -2.76. The van der Waals surface area contributed by atoms with Gasteiger partial charge in [-0.1, -0.05) is 0 Å². The van der Waals surface area contributed by atoms with Crippen LogP contribution in [0.4, 0.5) is 5.69 Å². The van der Waals surface area contributed by atoms with E-state index in [1.54, 1.807) is 35.3 Å². The summed E-state index contributed by atoms with van der Waals surface area (Å²) in [6, 6.07) is 5.51. The van der Waals surface area contributed by atoms with Crippen molar-refractivity contribution in [3.05, 3.63) is 47.1 Å². The molecule has 6 nitrogen and oxygen atoms in total. The number of hydrogen-bond donors (Lipinski definition) is 1. The normalized spacial score (nSPS) is 14.5. The van der Waals surface area contributed by atoms with Gasteiger partial charge >= 0.3 is 0 Å². The number of nitrogen functional groups attached to an aromatic ring is 1. The minimum Gasteiger partial charge on any atom is -0.397 e. The van der Waals surface area contributed by atoms with Crippen LogP contribution in [0.1, 0.15) is 18.9 Å². The van der Waals surface area contributed by atoms with Crippen LogP contribution in [0.2, 0.25) is 0 Å². The van der Waals surface area contributed by atoms with Crippen molar-refractivity contribution < 1.29 is 0 Å². The van der Waals surface area contributed by atoms with E-state index < -0.39 is 0 Å². The molecular formula is C15H13N5O. The van der Waals surface area contributed by atoms with E-state index in [-0.39, 0.29) is 11.6 Å². The van der Waals surface area contributed by atoms with Crippen LogP contribution in [-0.2, 0) is 0 Å². The summed E-state index contributed by atoms with van der Waals surface area (Å²) in [5.41, 5.74) is 8.62. The van der Waals surface area contributed by atoms with E-state index in [1.807, 2.05) is 6.07 Å². The van der Waals surface area contributed by atoms with Gasteiger partial charge in [0.1, 0.15) is 11.2 Å². The number of anilines is 1. The smallest absolute Gasteiger partial charge is 0.279 e. The van der Waals surface area contributed by atoms with Gasteiger partial charge in [-0.15, -0.1) is 0 Å². The molecule has 0 amide bonds. The lowest BCUT2D eigenvalue weighted by molar-refractivity contribution is 0.726. The highest BCUT2D eigenvalue weighted by molar-refractivity contribution is 5.85. The highest BCUT2D eigenvalue weighted by atomic mass is 16.1. The third-order valence-electron chi connectivity index (χ3n) is 3.66. The highest BCUT2D eigenvalue weighted by Crippen LogP contribution is 2.36. The van der Waals surface area contributed by atoms with Crippen LogP contribution < -0.4 is 11.3 Å². The predicted molar refractivity (Wildman–Crippen MR) is 79.7 cm³/mol. The molecule has 0 unspecified atom stereocenters. The molecule has 2 N–H and O–H groups in total. The molecule has 4 rings (SSSR count). The molecule has 21 heavy (non-hydrogen) atoms. The van der Waals surface area contributed by atoms with Crippen LogP contribution in [0.3, 0.4) is 0 Å². The predicted octanol–water partition coefficient (Wildman–Crippen LogP) is 1.77. The fraction of sp³-hybridized carbons (Fsp3) is 0.200. The van der Waals surface area contributed by atoms with Crippen LogP contribution in [0.25, 0.3) is 22.4 Å². The summed E-state index contributed by atoms with van der Waals surface area (Å²) in [5, 5.41) is 0. The lowest BCUT2D eigenvalue weighted by Gasteiger charge is -2.11. The maximum absolute atomic E-state index is 12.8. The van der Waals surface area contributed by atoms with E-state index in [4.69, 9.17) is 5.73 Å². The zero-order valence-electron chi connectivity index (χ0n) is 11.2. The molecule has 3 aromatic rings. The quantitative estimate of drug-likeness (QED) is 0.772. The summed E-state index contributed by atoms with van der Waals surface area (Å²) in [7, 11) is 0. The molecule has 0 saturated heterocycles. The maximum Gasteiger partial charge on any atom is 0.279 e. The summed E-state index contributed by atoms with van der Waals surface area (Å²) < 4.78 is 1.72. The Bertz CT molecular complexity index is 884. The number of hydrogen-bond acceptors (Lipinski definition) is 5. The van der Waals surface area contributed by atoms with E-state index in [0.717, 1.165) is 12.8 Å². The molecule has 0 radical (unpaired) electrons. The number of fused-ring (bicyclic) bond motifs is 1. The average molecular weight is 279 g/mol. The van der Waals surface area contributed by atoms with Crippen LogP contribution >= 0.6 is 0 Å². The van der Waals surface area contributed by atoms with Gasteiger partial charge in [0.15, 0.2) is 5.65 Å². The molecule has 1 saturated carbocycles. The number of rotatable bonds is 2. The maximum atomic E-state index is 12.8. The molecule has 104 valence electrons. The largest absolute Gasteiger partial charge is 0.397 e. The second-order valence-electron chi connectivity index (χ2n) is 5.18. The van der Waals surface area contributed by atoms with Gasteiger partial charge in [0.25, 0.3) is 5.56 Å². The zero-order chi connectivity index (χ0) is 14.4. The van der Waals surface area contributed by atoms with Gasteiger partial charge in [-0.2, -0.15) is 0 Å². The Balaban J connectivity index is 2.11. The second-order valence-corrected chi connectivity index (χ2v) is 5.18. The molecular weight excluding hydrogens is 266 g/mol.